The number of benzene rings is 1. The molecule has 4 nitrogen and oxygen atoms in total. The maximum Gasteiger partial charge on any atom is 0.233 e. The highest BCUT2D eigenvalue weighted by molar-refractivity contribution is 8.00. The minimum absolute atomic E-state index is 0.117. The van der Waals surface area contributed by atoms with Crippen molar-refractivity contribution in [2.75, 3.05) is 0 Å². The minimum atomic E-state index is -0.139. The van der Waals surface area contributed by atoms with Gasteiger partial charge in [-0.3, -0.25) is 4.79 Å². The summed E-state index contributed by atoms with van der Waals surface area (Å²) in [6.45, 7) is 1.95. The molecule has 1 aliphatic rings. The van der Waals surface area contributed by atoms with Gasteiger partial charge in [0.2, 0.25) is 5.91 Å². The van der Waals surface area contributed by atoms with E-state index in [0.717, 1.165) is 29.3 Å². The fourth-order valence-electron chi connectivity index (χ4n) is 2.98. The summed E-state index contributed by atoms with van der Waals surface area (Å²) in [4.78, 5) is 16.8. The Bertz CT molecular complexity index is 662. The van der Waals surface area contributed by atoms with Crippen LogP contribution in [0.5, 0.6) is 0 Å². The Kier molecular flexibility index (Phi) is 5.06. The molecule has 0 bridgehead atoms. The van der Waals surface area contributed by atoms with Crippen LogP contribution >= 0.6 is 11.8 Å². The van der Waals surface area contributed by atoms with E-state index in [1.54, 1.807) is 0 Å². The summed E-state index contributed by atoms with van der Waals surface area (Å²) >= 11 is 1.52. The van der Waals surface area contributed by atoms with E-state index in [4.69, 9.17) is 0 Å². The Labute approximate surface area is 141 Å². The van der Waals surface area contributed by atoms with E-state index in [0.29, 0.717) is 6.04 Å². The van der Waals surface area contributed by atoms with Crippen LogP contribution in [0.15, 0.2) is 41.7 Å². The molecule has 1 saturated carbocycles. The molecule has 0 spiro atoms. The first-order chi connectivity index (χ1) is 11.1. The number of rotatable bonds is 5. The van der Waals surface area contributed by atoms with Gasteiger partial charge in [0.05, 0.1) is 17.1 Å². The lowest BCUT2D eigenvalue weighted by atomic mass is 10.2. The lowest BCUT2D eigenvalue weighted by molar-refractivity contribution is -0.120. The second-order valence-electron chi connectivity index (χ2n) is 6.10. The Morgan fingerprint density at radius 2 is 2.00 bits per heavy atom. The number of nitrogens with one attached hydrogen (secondary N) is 1. The molecule has 0 saturated heterocycles. The van der Waals surface area contributed by atoms with Gasteiger partial charge in [0.1, 0.15) is 0 Å². The summed E-state index contributed by atoms with van der Waals surface area (Å²) in [5, 5.41) is 3.89. The van der Waals surface area contributed by atoms with Gasteiger partial charge in [-0.1, -0.05) is 54.9 Å². The molecule has 1 N–H and O–H groups in total. The van der Waals surface area contributed by atoms with Crippen molar-refractivity contribution in [3.8, 4) is 11.3 Å². The summed E-state index contributed by atoms with van der Waals surface area (Å²) in [6, 6.07) is 10.6. The summed E-state index contributed by atoms with van der Waals surface area (Å²) in [7, 11) is 2.00. The van der Waals surface area contributed by atoms with E-state index in [9.17, 15) is 4.79 Å². The van der Waals surface area contributed by atoms with Crippen LogP contribution in [0, 0.1) is 0 Å². The topological polar surface area (TPSA) is 46.9 Å². The number of carbonyl (C=O) groups is 1. The van der Waals surface area contributed by atoms with E-state index >= 15 is 0 Å². The van der Waals surface area contributed by atoms with Gasteiger partial charge < -0.3 is 9.88 Å². The highest BCUT2D eigenvalue weighted by Crippen LogP contribution is 2.27. The van der Waals surface area contributed by atoms with Crippen LogP contribution in [0.4, 0.5) is 0 Å². The van der Waals surface area contributed by atoms with E-state index in [2.05, 4.69) is 27.0 Å². The van der Waals surface area contributed by atoms with Gasteiger partial charge in [-0.25, -0.2) is 4.98 Å². The Morgan fingerprint density at radius 3 is 2.70 bits per heavy atom. The second kappa shape index (κ2) is 7.21. The molecular formula is C18H23N3OS. The SMILES string of the molecule is C[C@H](Sc1ncc(-c2ccccc2)n1C)C(=O)NC1CCCC1. The molecule has 1 aromatic heterocycles. The Hall–Kier alpha value is -1.75. The molecule has 0 unspecified atom stereocenters. The van der Waals surface area contributed by atoms with Gasteiger partial charge >= 0.3 is 0 Å². The predicted molar refractivity (Wildman–Crippen MR) is 94.4 cm³/mol. The summed E-state index contributed by atoms with van der Waals surface area (Å²) < 4.78 is 2.05. The molecule has 122 valence electrons. The number of thioether (sulfide) groups is 1. The maximum absolute atomic E-state index is 12.3. The van der Waals surface area contributed by atoms with Crippen LogP contribution in [-0.2, 0) is 11.8 Å². The number of hydrogen-bond acceptors (Lipinski definition) is 3. The molecule has 1 aromatic carbocycles. The van der Waals surface area contributed by atoms with Crippen molar-refractivity contribution in [1.29, 1.82) is 0 Å². The Morgan fingerprint density at radius 1 is 1.30 bits per heavy atom. The highest BCUT2D eigenvalue weighted by Gasteiger charge is 2.22. The van der Waals surface area contributed by atoms with Crippen LogP contribution in [0.3, 0.4) is 0 Å². The molecule has 3 rings (SSSR count). The quantitative estimate of drug-likeness (QED) is 0.852. The third kappa shape index (κ3) is 3.78. The van der Waals surface area contributed by atoms with E-state index in [-0.39, 0.29) is 11.2 Å². The van der Waals surface area contributed by atoms with Crippen molar-refractivity contribution in [2.24, 2.45) is 7.05 Å². The van der Waals surface area contributed by atoms with Gasteiger partial charge in [-0.05, 0) is 25.3 Å². The molecule has 0 radical (unpaired) electrons. The molecule has 1 atom stereocenters. The van der Waals surface area contributed by atoms with Gasteiger partial charge in [-0.15, -0.1) is 0 Å². The molecule has 2 aromatic rings. The van der Waals surface area contributed by atoms with E-state index in [1.165, 1.54) is 24.6 Å². The third-order valence-corrected chi connectivity index (χ3v) is 5.53. The number of nitrogens with zero attached hydrogens (tertiary/aromatic N) is 2. The predicted octanol–water partition coefficient (Wildman–Crippen LogP) is 3.63. The fraction of sp³-hybridized carbons (Fsp3) is 0.444. The van der Waals surface area contributed by atoms with Crippen LogP contribution < -0.4 is 5.32 Å². The smallest absolute Gasteiger partial charge is 0.233 e. The first-order valence-electron chi connectivity index (χ1n) is 8.19. The van der Waals surface area contributed by atoms with Crippen LogP contribution in [0.1, 0.15) is 32.6 Å². The number of imidazole rings is 1. The zero-order valence-electron chi connectivity index (χ0n) is 13.7. The fourth-order valence-corrected chi connectivity index (χ4v) is 3.84. The average Bonchev–Trinajstić information content (AvgIpc) is 3.19. The zero-order chi connectivity index (χ0) is 16.2. The number of amides is 1. The van der Waals surface area contributed by atoms with Crippen molar-refractivity contribution in [2.45, 2.75) is 49.1 Å². The van der Waals surface area contributed by atoms with Crippen molar-refractivity contribution in [1.82, 2.24) is 14.9 Å². The van der Waals surface area contributed by atoms with Gasteiger partial charge in [0.25, 0.3) is 0 Å². The summed E-state index contributed by atoms with van der Waals surface area (Å²) in [5.74, 6) is 0.117. The standard InChI is InChI=1S/C18H23N3OS/c1-13(17(22)20-15-10-6-7-11-15)23-18-19-12-16(21(18)2)14-8-4-3-5-9-14/h3-5,8-9,12-13,15H,6-7,10-11H2,1-2H3,(H,20,22)/t13-/m0/s1. The van der Waals surface area contributed by atoms with Crippen LogP contribution in [0.25, 0.3) is 11.3 Å². The highest BCUT2D eigenvalue weighted by atomic mass is 32.2. The summed E-state index contributed by atoms with van der Waals surface area (Å²) in [6.07, 6.45) is 6.56. The molecule has 1 fully saturated rings. The van der Waals surface area contributed by atoms with E-state index < -0.39 is 0 Å². The van der Waals surface area contributed by atoms with Crippen LogP contribution in [0.2, 0.25) is 0 Å². The van der Waals surface area contributed by atoms with Crippen molar-refractivity contribution in [3.05, 3.63) is 36.5 Å². The molecule has 1 aliphatic carbocycles. The van der Waals surface area contributed by atoms with Crippen molar-refractivity contribution >= 4 is 17.7 Å². The first-order valence-corrected chi connectivity index (χ1v) is 9.07. The Balaban J connectivity index is 1.66. The molecule has 1 amide bonds. The van der Waals surface area contributed by atoms with Crippen molar-refractivity contribution < 1.29 is 4.79 Å². The number of aromatic nitrogens is 2. The molecular weight excluding hydrogens is 306 g/mol. The number of hydrogen-bond donors (Lipinski definition) is 1. The third-order valence-electron chi connectivity index (χ3n) is 4.37. The first kappa shape index (κ1) is 16.1. The zero-order valence-corrected chi connectivity index (χ0v) is 14.5. The largest absolute Gasteiger partial charge is 0.352 e. The lowest BCUT2D eigenvalue weighted by Crippen LogP contribution is -2.37. The molecule has 1 heterocycles. The molecule has 23 heavy (non-hydrogen) atoms. The summed E-state index contributed by atoms with van der Waals surface area (Å²) in [5.41, 5.74) is 2.20. The molecule has 5 heteroatoms. The minimum Gasteiger partial charge on any atom is -0.352 e. The normalized spacial score (nSPS) is 16.4. The molecule has 0 aliphatic heterocycles. The second-order valence-corrected chi connectivity index (χ2v) is 7.41. The lowest BCUT2D eigenvalue weighted by Gasteiger charge is -2.16. The monoisotopic (exact) mass is 329 g/mol. The van der Waals surface area contributed by atoms with E-state index in [1.807, 2.05) is 38.4 Å². The van der Waals surface area contributed by atoms with Crippen LogP contribution in [-0.4, -0.2) is 26.8 Å². The van der Waals surface area contributed by atoms with Crippen molar-refractivity contribution in [3.63, 3.8) is 0 Å². The van der Waals surface area contributed by atoms with Gasteiger partial charge in [0.15, 0.2) is 5.16 Å². The van der Waals surface area contributed by atoms with Gasteiger partial charge in [-0.2, -0.15) is 0 Å². The maximum atomic E-state index is 12.3. The average molecular weight is 329 g/mol. The van der Waals surface area contributed by atoms with Gasteiger partial charge in [0, 0.05) is 13.1 Å². The number of carbonyl (C=O) groups excluding carboxylic acids is 1.